The Kier molecular flexibility index (Phi) is 5.59. The van der Waals surface area contributed by atoms with Gasteiger partial charge in [-0.15, -0.1) is 0 Å². The second-order valence-electron chi connectivity index (χ2n) is 5.10. The van der Waals surface area contributed by atoms with E-state index < -0.39 is 0 Å². The van der Waals surface area contributed by atoms with Crippen molar-refractivity contribution in [2.45, 2.75) is 44.6 Å². The summed E-state index contributed by atoms with van der Waals surface area (Å²) in [5, 5.41) is 3.68. The molecule has 0 aliphatic carbocycles. The summed E-state index contributed by atoms with van der Waals surface area (Å²) in [5.74, 6) is 0. The first-order valence-corrected chi connectivity index (χ1v) is 6.98. The van der Waals surface area contributed by atoms with Crippen LogP contribution in [0.15, 0.2) is 0 Å². The first-order valence-electron chi connectivity index (χ1n) is 6.98. The Labute approximate surface area is 99.5 Å². The number of nitrogens with one attached hydrogen (secondary N) is 1. The fourth-order valence-electron chi connectivity index (χ4n) is 2.72. The van der Waals surface area contributed by atoms with Gasteiger partial charge >= 0.3 is 0 Å². The molecule has 0 aromatic rings. The van der Waals surface area contributed by atoms with Gasteiger partial charge in [0.15, 0.2) is 0 Å². The third-order valence-electron chi connectivity index (χ3n) is 3.73. The molecule has 0 aromatic heterocycles. The van der Waals surface area contributed by atoms with Gasteiger partial charge in [0.25, 0.3) is 0 Å². The van der Waals surface area contributed by atoms with Crippen LogP contribution in [0.5, 0.6) is 0 Å². The highest BCUT2D eigenvalue weighted by atomic mass is 16.5. The van der Waals surface area contributed by atoms with Gasteiger partial charge < -0.3 is 15.0 Å². The normalized spacial score (nSPS) is 28.1. The molecule has 0 saturated carbocycles. The fraction of sp³-hybridized carbons (Fsp3) is 1.00. The second kappa shape index (κ2) is 7.25. The van der Waals surface area contributed by atoms with Gasteiger partial charge in [0.2, 0.25) is 0 Å². The standard InChI is InChI=1S/C13H26N2O/c1-2-9-15(8-1)10-4-7-14-13-5-3-11-16-12-6-13/h13-14H,1-12H2. The van der Waals surface area contributed by atoms with Gasteiger partial charge in [-0.25, -0.2) is 0 Å². The zero-order valence-electron chi connectivity index (χ0n) is 10.4. The van der Waals surface area contributed by atoms with Gasteiger partial charge in [-0.1, -0.05) is 0 Å². The molecule has 2 fully saturated rings. The van der Waals surface area contributed by atoms with Crippen molar-refractivity contribution < 1.29 is 4.74 Å². The number of nitrogens with zero attached hydrogens (tertiary/aromatic N) is 1. The topological polar surface area (TPSA) is 24.5 Å². The van der Waals surface area contributed by atoms with Gasteiger partial charge in [0.05, 0.1) is 0 Å². The molecule has 2 aliphatic rings. The molecular formula is C13H26N2O. The largest absolute Gasteiger partial charge is 0.381 e. The molecule has 16 heavy (non-hydrogen) atoms. The van der Waals surface area contributed by atoms with Gasteiger partial charge in [0.1, 0.15) is 0 Å². The van der Waals surface area contributed by atoms with Crippen LogP contribution in [0.25, 0.3) is 0 Å². The summed E-state index contributed by atoms with van der Waals surface area (Å²) in [4.78, 5) is 2.60. The quantitative estimate of drug-likeness (QED) is 0.721. The van der Waals surface area contributed by atoms with E-state index >= 15 is 0 Å². The third-order valence-corrected chi connectivity index (χ3v) is 3.73. The summed E-state index contributed by atoms with van der Waals surface area (Å²) >= 11 is 0. The molecule has 1 N–H and O–H groups in total. The Morgan fingerprint density at radius 2 is 1.94 bits per heavy atom. The average Bonchev–Trinajstić information content (AvgIpc) is 2.68. The predicted octanol–water partition coefficient (Wildman–Crippen LogP) is 1.63. The molecule has 94 valence electrons. The van der Waals surface area contributed by atoms with Crippen LogP contribution < -0.4 is 5.32 Å². The smallest absolute Gasteiger partial charge is 0.0480 e. The molecule has 0 spiro atoms. The van der Waals surface area contributed by atoms with Crippen molar-refractivity contribution >= 4 is 0 Å². The third kappa shape index (κ3) is 4.40. The van der Waals surface area contributed by atoms with Crippen LogP contribution in [0.3, 0.4) is 0 Å². The molecule has 1 atom stereocenters. The van der Waals surface area contributed by atoms with Crippen molar-refractivity contribution in [1.29, 1.82) is 0 Å². The van der Waals surface area contributed by atoms with Gasteiger partial charge in [-0.2, -0.15) is 0 Å². The van der Waals surface area contributed by atoms with E-state index in [2.05, 4.69) is 10.2 Å². The lowest BCUT2D eigenvalue weighted by Crippen LogP contribution is -2.32. The van der Waals surface area contributed by atoms with Crippen molar-refractivity contribution in [3.05, 3.63) is 0 Å². The molecule has 0 aromatic carbocycles. The molecule has 2 heterocycles. The lowest BCUT2D eigenvalue weighted by Gasteiger charge is -2.18. The maximum absolute atomic E-state index is 5.46. The van der Waals surface area contributed by atoms with Crippen LogP contribution in [0.1, 0.15) is 38.5 Å². The Morgan fingerprint density at radius 1 is 1.06 bits per heavy atom. The van der Waals surface area contributed by atoms with Crippen molar-refractivity contribution in [2.24, 2.45) is 0 Å². The van der Waals surface area contributed by atoms with E-state index in [0.717, 1.165) is 13.2 Å². The number of likely N-dealkylation sites (tertiary alicyclic amines) is 1. The number of hydrogen-bond acceptors (Lipinski definition) is 3. The first-order chi connectivity index (χ1) is 7.95. The number of hydrogen-bond donors (Lipinski definition) is 1. The Bertz CT molecular complexity index is 173. The van der Waals surface area contributed by atoms with Crippen molar-refractivity contribution in [3.63, 3.8) is 0 Å². The molecule has 0 radical (unpaired) electrons. The minimum atomic E-state index is 0.709. The SMILES string of the molecule is C1COCCC(NCCCN2CCCC2)C1. The van der Waals surface area contributed by atoms with Crippen LogP contribution in [0.2, 0.25) is 0 Å². The zero-order valence-corrected chi connectivity index (χ0v) is 10.4. The van der Waals surface area contributed by atoms with E-state index in [1.165, 1.54) is 64.7 Å². The minimum Gasteiger partial charge on any atom is -0.381 e. The van der Waals surface area contributed by atoms with E-state index in [9.17, 15) is 0 Å². The highest BCUT2D eigenvalue weighted by Gasteiger charge is 2.13. The van der Waals surface area contributed by atoms with Crippen LogP contribution >= 0.6 is 0 Å². The van der Waals surface area contributed by atoms with Gasteiger partial charge in [0, 0.05) is 19.3 Å². The van der Waals surface area contributed by atoms with E-state index in [4.69, 9.17) is 4.74 Å². The summed E-state index contributed by atoms with van der Waals surface area (Å²) in [6.45, 7) is 7.04. The summed E-state index contributed by atoms with van der Waals surface area (Å²) in [5.41, 5.74) is 0. The molecule has 2 saturated heterocycles. The highest BCUT2D eigenvalue weighted by Crippen LogP contribution is 2.09. The maximum atomic E-state index is 5.46. The Balaban J connectivity index is 1.49. The maximum Gasteiger partial charge on any atom is 0.0480 e. The second-order valence-corrected chi connectivity index (χ2v) is 5.10. The molecule has 3 heteroatoms. The Hall–Kier alpha value is -0.120. The summed E-state index contributed by atoms with van der Waals surface area (Å²) < 4.78 is 5.46. The molecule has 1 unspecified atom stereocenters. The zero-order chi connectivity index (χ0) is 11.1. The van der Waals surface area contributed by atoms with Crippen LogP contribution in [-0.4, -0.2) is 50.3 Å². The number of rotatable bonds is 5. The molecular weight excluding hydrogens is 200 g/mol. The summed E-state index contributed by atoms with van der Waals surface area (Å²) in [6, 6.07) is 0.709. The van der Waals surface area contributed by atoms with Crippen molar-refractivity contribution in [1.82, 2.24) is 10.2 Å². The lowest BCUT2D eigenvalue weighted by atomic mass is 10.1. The number of ether oxygens (including phenoxy) is 1. The minimum absolute atomic E-state index is 0.709. The van der Waals surface area contributed by atoms with Gasteiger partial charge in [-0.05, 0) is 64.7 Å². The monoisotopic (exact) mass is 226 g/mol. The predicted molar refractivity (Wildman–Crippen MR) is 66.8 cm³/mol. The van der Waals surface area contributed by atoms with E-state index in [-0.39, 0.29) is 0 Å². The molecule has 2 aliphatic heterocycles. The van der Waals surface area contributed by atoms with E-state index in [1.807, 2.05) is 0 Å². The van der Waals surface area contributed by atoms with Crippen molar-refractivity contribution in [3.8, 4) is 0 Å². The highest BCUT2D eigenvalue weighted by molar-refractivity contribution is 4.71. The van der Waals surface area contributed by atoms with Crippen LogP contribution in [0.4, 0.5) is 0 Å². The molecule has 0 bridgehead atoms. The lowest BCUT2D eigenvalue weighted by molar-refractivity contribution is 0.142. The average molecular weight is 226 g/mol. The van der Waals surface area contributed by atoms with E-state index in [1.54, 1.807) is 0 Å². The molecule has 2 rings (SSSR count). The summed E-state index contributed by atoms with van der Waals surface area (Å²) in [6.07, 6.45) is 7.84. The fourth-order valence-corrected chi connectivity index (χ4v) is 2.72. The first kappa shape index (κ1) is 12.3. The van der Waals surface area contributed by atoms with Crippen LogP contribution in [0, 0.1) is 0 Å². The Morgan fingerprint density at radius 3 is 2.81 bits per heavy atom. The summed E-state index contributed by atoms with van der Waals surface area (Å²) in [7, 11) is 0. The molecule has 0 amide bonds. The van der Waals surface area contributed by atoms with E-state index in [0.29, 0.717) is 6.04 Å². The van der Waals surface area contributed by atoms with Gasteiger partial charge in [-0.3, -0.25) is 0 Å². The van der Waals surface area contributed by atoms with Crippen LogP contribution in [-0.2, 0) is 4.74 Å². The van der Waals surface area contributed by atoms with Crippen molar-refractivity contribution in [2.75, 3.05) is 39.4 Å². The molecule has 3 nitrogen and oxygen atoms in total.